The number of halogens is 1. The molecule has 0 amide bonds. The molecule has 0 bridgehead atoms. The summed E-state index contributed by atoms with van der Waals surface area (Å²) < 4.78 is 6.35. The highest BCUT2D eigenvalue weighted by Gasteiger charge is 2.19. The summed E-state index contributed by atoms with van der Waals surface area (Å²) in [6.07, 6.45) is 0.655. The normalized spacial score (nSPS) is 10.7. The van der Waals surface area contributed by atoms with Crippen molar-refractivity contribution in [1.82, 2.24) is 9.38 Å². The van der Waals surface area contributed by atoms with Crippen molar-refractivity contribution in [3.8, 4) is 0 Å². The van der Waals surface area contributed by atoms with Crippen LogP contribution in [0.25, 0.3) is 5.65 Å². The second-order valence-electron chi connectivity index (χ2n) is 3.29. The van der Waals surface area contributed by atoms with E-state index in [0.29, 0.717) is 28.6 Å². The Hall–Kier alpha value is -1.55. The highest BCUT2D eigenvalue weighted by Crippen LogP contribution is 2.19. The van der Waals surface area contributed by atoms with Crippen LogP contribution in [0.3, 0.4) is 0 Å². The lowest BCUT2D eigenvalue weighted by Gasteiger charge is -2.03. The molecule has 84 valence electrons. The predicted octanol–water partition coefficient (Wildman–Crippen LogP) is 2.34. The molecule has 5 heteroatoms. The molecule has 2 aromatic rings. The summed E-state index contributed by atoms with van der Waals surface area (Å²) in [4.78, 5) is 16.0. The number of aromatic nitrogens is 2. The van der Waals surface area contributed by atoms with Crippen LogP contribution in [0.2, 0.25) is 5.15 Å². The molecule has 0 aromatic carbocycles. The van der Waals surface area contributed by atoms with Gasteiger partial charge in [0, 0.05) is 0 Å². The number of esters is 1. The Morgan fingerprint density at radius 2 is 2.31 bits per heavy atom. The van der Waals surface area contributed by atoms with Crippen LogP contribution >= 0.6 is 11.6 Å². The molecule has 2 rings (SSSR count). The number of aryl methyl sites for hydroxylation is 1. The molecular formula is C11H11ClN2O2. The average molecular weight is 239 g/mol. The number of pyridine rings is 1. The second-order valence-corrected chi connectivity index (χ2v) is 3.68. The maximum absolute atomic E-state index is 11.7. The maximum Gasteiger partial charge on any atom is 0.357 e. The molecule has 0 atom stereocenters. The van der Waals surface area contributed by atoms with Crippen molar-refractivity contribution >= 4 is 23.2 Å². The minimum Gasteiger partial charge on any atom is -0.464 e. The number of nitrogens with zero attached hydrogens (tertiary/aromatic N) is 2. The lowest BCUT2D eigenvalue weighted by atomic mass is 10.2. The average Bonchev–Trinajstić information content (AvgIpc) is 2.68. The molecule has 0 unspecified atom stereocenters. The van der Waals surface area contributed by atoms with E-state index < -0.39 is 5.97 Å². The summed E-state index contributed by atoms with van der Waals surface area (Å²) >= 11 is 6.05. The van der Waals surface area contributed by atoms with Gasteiger partial charge in [0.1, 0.15) is 10.8 Å². The summed E-state index contributed by atoms with van der Waals surface area (Å²) in [7, 11) is 1.35. The van der Waals surface area contributed by atoms with Crippen LogP contribution in [0, 0.1) is 0 Å². The monoisotopic (exact) mass is 238 g/mol. The Morgan fingerprint density at radius 1 is 1.56 bits per heavy atom. The van der Waals surface area contributed by atoms with Gasteiger partial charge in [0.25, 0.3) is 0 Å². The van der Waals surface area contributed by atoms with Gasteiger partial charge in [-0.1, -0.05) is 24.6 Å². The first-order valence-electron chi connectivity index (χ1n) is 4.93. The third kappa shape index (κ3) is 1.55. The Bertz CT molecular complexity index is 548. The van der Waals surface area contributed by atoms with Crippen molar-refractivity contribution in [1.29, 1.82) is 0 Å². The summed E-state index contributed by atoms with van der Waals surface area (Å²) in [5.41, 5.74) is 1.76. The van der Waals surface area contributed by atoms with E-state index in [0.717, 1.165) is 0 Å². The van der Waals surface area contributed by atoms with E-state index in [-0.39, 0.29) is 0 Å². The minimum absolute atomic E-state index is 0.408. The molecule has 0 saturated heterocycles. The topological polar surface area (TPSA) is 43.6 Å². The van der Waals surface area contributed by atoms with Gasteiger partial charge < -0.3 is 4.74 Å². The standard InChI is InChI=1S/C11H11ClN2O2/c1-3-7-10(11(15)16-2)14-8(12)5-4-6-9(14)13-7/h4-6H,3H2,1-2H3. The summed E-state index contributed by atoms with van der Waals surface area (Å²) in [6, 6.07) is 5.31. The lowest BCUT2D eigenvalue weighted by molar-refractivity contribution is 0.0591. The molecule has 2 aromatic heterocycles. The van der Waals surface area contributed by atoms with Crippen LogP contribution in [0.1, 0.15) is 23.1 Å². The Balaban J connectivity index is 2.81. The van der Waals surface area contributed by atoms with E-state index in [2.05, 4.69) is 4.98 Å². The number of carbonyl (C=O) groups is 1. The molecule has 4 nitrogen and oxygen atoms in total. The predicted molar refractivity (Wildman–Crippen MR) is 60.9 cm³/mol. The number of hydrogen-bond acceptors (Lipinski definition) is 3. The minimum atomic E-state index is -0.419. The third-order valence-corrected chi connectivity index (χ3v) is 2.68. The molecule has 0 aliphatic carbocycles. The molecule has 16 heavy (non-hydrogen) atoms. The fraction of sp³-hybridized carbons (Fsp3) is 0.273. The summed E-state index contributed by atoms with van der Waals surface area (Å²) in [6.45, 7) is 1.93. The Kier molecular flexibility index (Phi) is 2.83. The smallest absolute Gasteiger partial charge is 0.357 e. The molecule has 0 aliphatic rings. The fourth-order valence-electron chi connectivity index (χ4n) is 1.65. The quantitative estimate of drug-likeness (QED) is 0.596. The van der Waals surface area contributed by atoms with Gasteiger partial charge in [-0.25, -0.2) is 9.78 Å². The number of rotatable bonds is 2. The van der Waals surface area contributed by atoms with Gasteiger partial charge >= 0.3 is 5.97 Å². The summed E-state index contributed by atoms with van der Waals surface area (Å²) in [5.74, 6) is -0.419. The lowest BCUT2D eigenvalue weighted by Crippen LogP contribution is -2.08. The van der Waals surface area contributed by atoms with Crippen LogP contribution in [0.5, 0.6) is 0 Å². The van der Waals surface area contributed by atoms with Crippen LogP contribution in [0.4, 0.5) is 0 Å². The van der Waals surface area contributed by atoms with Crippen molar-refractivity contribution in [2.24, 2.45) is 0 Å². The largest absolute Gasteiger partial charge is 0.464 e. The van der Waals surface area contributed by atoms with E-state index in [9.17, 15) is 4.79 Å². The van der Waals surface area contributed by atoms with Gasteiger partial charge in [0.05, 0.1) is 12.8 Å². The second kappa shape index (κ2) is 4.14. The first-order chi connectivity index (χ1) is 7.69. The van der Waals surface area contributed by atoms with Crippen molar-refractivity contribution < 1.29 is 9.53 Å². The van der Waals surface area contributed by atoms with Gasteiger partial charge in [-0.3, -0.25) is 4.40 Å². The maximum atomic E-state index is 11.7. The zero-order valence-electron chi connectivity index (χ0n) is 9.03. The Morgan fingerprint density at radius 3 is 2.94 bits per heavy atom. The number of methoxy groups -OCH3 is 1. The molecule has 0 saturated carbocycles. The molecule has 0 spiro atoms. The van der Waals surface area contributed by atoms with E-state index >= 15 is 0 Å². The highest BCUT2D eigenvalue weighted by atomic mass is 35.5. The van der Waals surface area contributed by atoms with Gasteiger partial charge in [-0.15, -0.1) is 0 Å². The van der Waals surface area contributed by atoms with Gasteiger partial charge in [-0.2, -0.15) is 0 Å². The molecule has 0 radical (unpaired) electrons. The molecule has 0 N–H and O–H groups in total. The Labute approximate surface area is 97.8 Å². The number of hydrogen-bond donors (Lipinski definition) is 0. The van der Waals surface area contributed by atoms with Crippen LogP contribution in [-0.2, 0) is 11.2 Å². The zero-order valence-corrected chi connectivity index (χ0v) is 9.78. The highest BCUT2D eigenvalue weighted by molar-refractivity contribution is 6.30. The third-order valence-electron chi connectivity index (χ3n) is 2.38. The zero-order chi connectivity index (χ0) is 11.7. The van der Waals surface area contributed by atoms with Gasteiger partial charge in [-0.05, 0) is 18.6 Å². The van der Waals surface area contributed by atoms with Crippen molar-refractivity contribution in [3.05, 3.63) is 34.7 Å². The molecule has 0 aliphatic heterocycles. The number of fused-ring (bicyclic) bond motifs is 1. The first kappa shape index (κ1) is 11.0. The number of ether oxygens (including phenoxy) is 1. The molecular weight excluding hydrogens is 228 g/mol. The summed E-state index contributed by atoms with van der Waals surface area (Å²) in [5, 5.41) is 0.449. The first-order valence-corrected chi connectivity index (χ1v) is 5.31. The van der Waals surface area contributed by atoms with Crippen molar-refractivity contribution in [3.63, 3.8) is 0 Å². The molecule has 0 fully saturated rings. The molecule has 2 heterocycles. The van der Waals surface area contributed by atoms with Crippen LogP contribution in [-0.4, -0.2) is 22.5 Å². The van der Waals surface area contributed by atoms with Gasteiger partial charge in [0.15, 0.2) is 5.69 Å². The fourth-order valence-corrected chi connectivity index (χ4v) is 1.90. The van der Waals surface area contributed by atoms with E-state index in [1.807, 2.05) is 6.92 Å². The van der Waals surface area contributed by atoms with Crippen molar-refractivity contribution in [2.45, 2.75) is 13.3 Å². The van der Waals surface area contributed by atoms with Crippen LogP contribution < -0.4 is 0 Å². The number of imidazole rings is 1. The van der Waals surface area contributed by atoms with E-state index in [4.69, 9.17) is 16.3 Å². The van der Waals surface area contributed by atoms with Gasteiger partial charge in [0.2, 0.25) is 0 Å². The van der Waals surface area contributed by atoms with E-state index in [1.54, 1.807) is 22.6 Å². The number of carbonyl (C=O) groups excluding carboxylic acids is 1. The van der Waals surface area contributed by atoms with Crippen LogP contribution in [0.15, 0.2) is 18.2 Å². The van der Waals surface area contributed by atoms with Crippen molar-refractivity contribution in [2.75, 3.05) is 7.11 Å². The van der Waals surface area contributed by atoms with E-state index in [1.165, 1.54) is 7.11 Å². The SMILES string of the molecule is CCc1nc2cccc(Cl)n2c1C(=O)OC.